The Morgan fingerprint density at radius 3 is 2.45 bits per heavy atom. The highest BCUT2D eigenvalue weighted by Gasteiger charge is 2.14. The van der Waals surface area contributed by atoms with E-state index in [9.17, 15) is 4.79 Å². The predicted molar refractivity (Wildman–Crippen MR) is 117 cm³/mol. The Morgan fingerprint density at radius 1 is 0.966 bits per heavy atom. The van der Waals surface area contributed by atoms with Gasteiger partial charge in [0.25, 0.3) is 5.91 Å². The number of carbonyl (C=O) groups is 1. The number of fused-ring (bicyclic) bond motifs is 1. The van der Waals surface area contributed by atoms with Crippen molar-refractivity contribution in [3.63, 3.8) is 0 Å². The Hall–Kier alpha value is -3.40. The van der Waals surface area contributed by atoms with Gasteiger partial charge in [-0.2, -0.15) is 0 Å². The molecule has 0 saturated heterocycles. The molecule has 0 unspecified atom stereocenters. The van der Waals surface area contributed by atoms with Gasteiger partial charge in [-0.05, 0) is 79.8 Å². The maximum Gasteiger partial charge on any atom is 0.255 e. The average molecular weight is 384 g/mol. The largest absolute Gasteiger partial charge is 0.436 e. The van der Waals surface area contributed by atoms with Crippen LogP contribution in [-0.4, -0.2) is 10.9 Å². The molecule has 1 N–H and O–H groups in total. The fraction of sp³-hybridized carbons (Fsp3) is 0.200. The number of aryl methyl sites for hydroxylation is 4. The van der Waals surface area contributed by atoms with Crippen molar-refractivity contribution in [1.29, 1.82) is 0 Å². The Kier molecular flexibility index (Phi) is 4.93. The first-order valence-electron chi connectivity index (χ1n) is 9.83. The van der Waals surface area contributed by atoms with Gasteiger partial charge >= 0.3 is 0 Å². The van der Waals surface area contributed by atoms with E-state index in [1.807, 2.05) is 69.3 Å². The van der Waals surface area contributed by atoms with E-state index in [1.54, 1.807) is 0 Å². The lowest BCUT2D eigenvalue weighted by Gasteiger charge is -2.10. The summed E-state index contributed by atoms with van der Waals surface area (Å²) < 4.78 is 6.03. The van der Waals surface area contributed by atoms with E-state index in [0.29, 0.717) is 11.5 Å². The van der Waals surface area contributed by atoms with E-state index in [0.717, 1.165) is 45.5 Å². The number of carbonyl (C=O) groups excluding carboxylic acids is 1. The molecule has 4 heteroatoms. The molecule has 1 aromatic heterocycles. The highest BCUT2D eigenvalue weighted by molar-refractivity contribution is 6.05. The van der Waals surface area contributed by atoms with Gasteiger partial charge in [0.1, 0.15) is 5.52 Å². The summed E-state index contributed by atoms with van der Waals surface area (Å²) in [5.41, 5.74) is 8.28. The highest BCUT2D eigenvalue weighted by Crippen LogP contribution is 2.30. The molecule has 0 saturated carbocycles. The minimum atomic E-state index is -0.128. The molecule has 0 aliphatic rings. The number of nitrogens with one attached hydrogen (secondary N) is 1. The van der Waals surface area contributed by atoms with E-state index >= 15 is 0 Å². The molecule has 0 spiro atoms. The Balaban J connectivity index is 1.65. The van der Waals surface area contributed by atoms with E-state index in [1.165, 1.54) is 5.56 Å². The molecule has 0 aliphatic carbocycles. The number of aromatic nitrogens is 1. The molecular weight excluding hydrogens is 360 g/mol. The van der Waals surface area contributed by atoms with Gasteiger partial charge in [0.05, 0.1) is 0 Å². The Morgan fingerprint density at radius 2 is 1.72 bits per heavy atom. The van der Waals surface area contributed by atoms with Crippen LogP contribution in [0.4, 0.5) is 5.69 Å². The van der Waals surface area contributed by atoms with Crippen molar-refractivity contribution in [2.24, 2.45) is 0 Å². The molecule has 0 atom stereocenters. The number of amides is 1. The second kappa shape index (κ2) is 7.55. The molecule has 29 heavy (non-hydrogen) atoms. The van der Waals surface area contributed by atoms with Crippen LogP contribution in [0, 0.1) is 20.8 Å². The van der Waals surface area contributed by atoms with Crippen molar-refractivity contribution in [3.8, 4) is 11.5 Å². The van der Waals surface area contributed by atoms with Gasteiger partial charge in [0.2, 0.25) is 5.89 Å². The lowest BCUT2D eigenvalue weighted by Crippen LogP contribution is -2.12. The maximum absolute atomic E-state index is 12.7. The van der Waals surface area contributed by atoms with Gasteiger partial charge in [-0.25, -0.2) is 4.98 Å². The predicted octanol–water partition coefficient (Wildman–Crippen LogP) is 6.23. The van der Waals surface area contributed by atoms with E-state index in [2.05, 4.69) is 23.3 Å². The van der Waals surface area contributed by atoms with Gasteiger partial charge in [0, 0.05) is 16.8 Å². The summed E-state index contributed by atoms with van der Waals surface area (Å²) in [4.78, 5) is 17.3. The first-order chi connectivity index (χ1) is 13.9. The third kappa shape index (κ3) is 3.79. The van der Waals surface area contributed by atoms with Crippen LogP contribution in [-0.2, 0) is 6.42 Å². The molecule has 146 valence electrons. The minimum Gasteiger partial charge on any atom is -0.436 e. The Labute approximate surface area is 170 Å². The van der Waals surface area contributed by atoms with Gasteiger partial charge < -0.3 is 9.73 Å². The molecule has 1 amide bonds. The van der Waals surface area contributed by atoms with Gasteiger partial charge in [0.15, 0.2) is 5.58 Å². The van der Waals surface area contributed by atoms with Crippen molar-refractivity contribution in [2.45, 2.75) is 34.1 Å². The van der Waals surface area contributed by atoms with Crippen LogP contribution in [0.2, 0.25) is 0 Å². The van der Waals surface area contributed by atoms with Gasteiger partial charge in [-0.3, -0.25) is 4.79 Å². The second-order valence-electron chi connectivity index (χ2n) is 7.48. The maximum atomic E-state index is 12.7. The molecule has 3 aromatic carbocycles. The van der Waals surface area contributed by atoms with Crippen LogP contribution < -0.4 is 5.32 Å². The zero-order valence-corrected chi connectivity index (χ0v) is 17.2. The summed E-state index contributed by atoms with van der Waals surface area (Å²) in [6.45, 7) is 8.14. The van der Waals surface area contributed by atoms with Gasteiger partial charge in [-0.15, -0.1) is 0 Å². The van der Waals surface area contributed by atoms with Crippen LogP contribution in [0.3, 0.4) is 0 Å². The van der Waals surface area contributed by atoms with E-state index in [-0.39, 0.29) is 5.91 Å². The number of hydrogen-bond donors (Lipinski definition) is 1. The standard InChI is InChI=1S/C25H24N2O2/c1-5-18-7-10-19(11-8-18)24(28)26-21-14-20(9-6-16(21)3)25-27-22-13-15(2)12-17(4)23(22)29-25/h6-14H,5H2,1-4H3,(H,26,28). The number of rotatable bonds is 4. The summed E-state index contributed by atoms with van der Waals surface area (Å²) in [6.07, 6.45) is 0.951. The summed E-state index contributed by atoms with van der Waals surface area (Å²) in [5.74, 6) is 0.424. The SMILES string of the molecule is CCc1ccc(C(=O)Nc2cc(-c3nc4cc(C)cc(C)c4o3)ccc2C)cc1. The third-order valence-electron chi connectivity index (χ3n) is 5.18. The zero-order valence-electron chi connectivity index (χ0n) is 17.2. The quantitative estimate of drug-likeness (QED) is 0.453. The zero-order chi connectivity index (χ0) is 20.5. The monoisotopic (exact) mass is 384 g/mol. The number of oxazole rings is 1. The molecule has 1 heterocycles. The fourth-order valence-corrected chi connectivity index (χ4v) is 3.48. The normalized spacial score (nSPS) is 11.0. The van der Waals surface area contributed by atoms with Crippen molar-refractivity contribution in [1.82, 2.24) is 4.98 Å². The summed E-state index contributed by atoms with van der Waals surface area (Å²) in [7, 11) is 0. The number of anilines is 1. The van der Waals surface area contributed by atoms with Gasteiger partial charge in [-0.1, -0.05) is 31.2 Å². The third-order valence-corrected chi connectivity index (χ3v) is 5.18. The van der Waals surface area contributed by atoms with Crippen LogP contribution in [0.5, 0.6) is 0 Å². The van der Waals surface area contributed by atoms with Crippen LogP contribution >= 0.6 is 0 Å². The second-order valence-corrected chi connectivity index (χ2v) is 7.48. The molecule has 4 rings (SSSR count). The van der Waals surface area contributed by atoms with E-state index in [4.69, 9.17) is 4.42 Å². The molecular formula is C25H24N2O2. The molecule has 0 radical (unpaired) electrons. The summed E-state index contributed by atoms with van der Waals surface area (Å²) in [6, 6.07) is 17.7. The lowest BCUT2D eigenvalue weighted by molar-refractivity contribution is 0.102. The molecule has 0 aliphatic heterocycles. The van der Waals surface area contributed by atoms with E-state index < -0.39 is 0 Å². The van der Waals surface area contributed by atoms with Crippen molar-refractivity contribution >= 4 is 22.7 Å². The first-order valence-corrected chi connectivity index (χ1v) is 9.83. The van der Waals surface area contributed by atoms with Crippen molar-refractivity contribution in [3.05, 3.63) is 82.4 Å². The Bertz CT molecular complexity index is 1200. The topological polar surface area (TPSA) is 55.1 Å². The summed E-state index contributed by atoms with van der Waals surface area (Å²) >= 11 is 0. The molecule has 0 bridgehead atoms. The number of benzene rings is 3. The fourth-order valence-electron chi connectivity index (χ4n) is 3.48. The van der Waals surface area contributed by atoms with Crippen molar-refractivity contribution < 1.29 is 9.21 Å². The first kappa shape index (κ1) is 18.9. The number of hydrogen-bond acceptors (Lipinski definition) is 3. The molecule has 4 aromatic rings. The van der Waals surface area contributed by atoms with Crippen molar-refractivity contribution in [2.75, 3.05) is 5.32 Å². The average Bonchev–Trinajstić information content (AvgIpc) is 3.14. The van der Waals surface area contributed by atoms with Crippen LogP contribution in [0.1, 0.15) is 39.5 Å². The lowest BCUT2D eigenvalue weighted by atomic mass is 10.1. The summed E-state index contributed by atoms with van der Waals surface area (Å²) in [5, 5.41) is 3.02. The highest BCUT2D eigenvalue weighted by atomic mass is 16.3. The molecule has 0 fully saturated rings. The van der Waals surface area contributed by atoms with Crippen LogP contribution in [0.25, 0.3) is 22.6 Å². The number of nitrogens with zero attached hydrogens (tertiary/aromatic N) is 1. The molecule has 4 nitrogen and oxygen atoms in total. The minimum absolute atomic E-state index is 0.128. The smallest absolute Gasteiger partial charge is 0.255 e. The van der Waals surface area contributed by atoms with Crippen LogP contribution in [0.15, 0.2) is 59.0 Å².